The summed E-state index contributed by atoms with van der Waals surface area (Å²) in [6.07, 6.45) is 0.124. The Morgan fingerprint density at radius 2 is 1.02 bits per heavy atom. The molecule has 14 heteroatoms. The zero-order valence-corrected chi connectivity index (χ0v) is 32.3. The number of carbonyl (C=O) groups excluding carboxylic acids is 4. The highest BCUT2D eigenvalue weighted by molar-refractivity contribution is 6.30. The lowest BCUT2D eigenvalue weighted by Crippen LogP contribution is -2.70. The number of rotatable bonds is 4. The summed E-state index contributed by atoms with van der Waals surface area (Å²) in [5.74, 6) is -2.82. The van der Waals surface area contributed by atoms with E-state index in [1.165, 1.54) is 0 Å². The van der Waals surface area contributed by atoms with Crippen LogP contribution in [0.1, 0.15) is 80.1 Å². The fourth-order valence-corrected chi connectivity index (χ4v) is 16.0. The first-order valence-electron chi connectivity index (χ1n) is 20.9. The molecule has 4 spiro atoms. The van der Waals surface area contributed by atoms with Crippen molar-refractivity contribution in [2.75, 3.05) is 13.2 Å². The fraction of sp³-hybridized carbons (Fsp3) is 0.810. The summed E-state index contributed by atoms with van der Waals surface area (Å²) in [5.41, 5.74) is -2.68. The molecule has 8 aliphatic heterocycles. The van der Waals surface area contributed by atoms with Gasteiger partial charge in [-0.15, -0.1) is 0 Å². The van der Waals surface area contributed by atoms with Gasteiger partial charge in [0.1, 0.15) is 60.0 Å². The van der Waals surface area contributed by atoms with Gasteiger partial charge in [-0.2, -0.15) is 0 Å². The van der Waals surface area contributed by atoms with E-state index >= 15 is 0 Å². The van der Waals surface area contributed by atoms with Crippen LogP contribution in [0.15, 0.2) is 22.3 Å². The minimum absolute atomic E-state index is 0.0113. The van der Waals surface area contributed by atoms with E-state index in [4.69, 9.17) is 47.4 Å². The standard InChI is InChI=1S/C42H46O14/c1-15(2)37-25(53-37)27-41(55-27)35(5)9-7-17-19(13-47-29(17)43)21(35)11-23-39(41,51-23)33(37)49-31(45)32(46)50-34-38(16(3)4)26(54-38)28-42(56-28)36(6)10-8-18-20(14-48-30(18)44)22(36)12-24-40(34,42)52-24/h15-16,21-28,33-34H,7-14H2,1-6H3/t21-,22-,23-,24-,25-,26-,27-,28-,33+,34+,35-,36-,37-,38-,39+,40+,41+,42+/m0/s1. The molecule has 10 fully saturated rings. The molecular weight excluding hydrogens is 728 g/mol. The lowest BCUT2D eigenvalue weighted by Gasteiger charge is -2.54. The molecule has 0 radical (unpaired) electrons. The van der Waals surface area contributed by atoms with E-state index in [9.17, 15) is 19.2 Å². The summed E-state index contributed by atoms with van der Waals surface area (Å²) >= 11 is 0. The van der Waals surface area contributed by atoms with Gasteiger partial charge in [0.05, 0.1) is 12.2 Å². The first-order chi connectivity index (χ1) is 26.7. The van der Waals surface area contributed by atoms with Gasteiger partial charge in [-0.05, 0) is 73.3 Å². The van der Waals surface area contributed by atoms with Crippen molar-refractivity contribution in [1.82, 2.24) is 0 Å². The molecule has 6 saturated heterocycles. The number of epoxide rings is 6. The monoisotopic (exact) mass is 774 g/mol. The van der Waals surface area contributed by atoms with Crippen LogP contribution in [0, 0.1) is 34.5 Å². The predicted molar refractivity (Wildman–Crippen MR) is 182 cm³/mol. The number of cyclic esters (lactones) is 2. The molecule has 14 nitrogen and oxygen atoms in total. The van der Waals surface area contributed by atoms with Crippen molar-refractivity contribution in [3.8, 4) is 0 Å². The molecule has 4 saturated carbocycles. The van der Waals surface area contributed by atoms with Gasteiger partial charge in [0.25, 0.3) is 0 Å². The Hall–Kier alpha value is -2.88. The Morgan fingerprint density at radius 1 is 0.607 bits per heavy atom. The summed E-state index contributed by atoms with van der Waals surface area (Å²) in [7, 11) is 0. The molecule has 8 heterocycles. The SMILES string of the molecule is CC(C)[C@]12O[C@H]1[C@@H]1O[C@]13[C@]1(O[C@H]1C[C@H]1C4=C(CC[C@@]13C)C(=O)OC4)[C@@H]2OC(=O)C(=O)O[C@@H]1[C@@]2(C(C)C)O[C@H]2[C@@H]2O[C@]23[C@]12O[C@H]2C[C@H]1C2=C(CC[C@@]13C)C(=O)OC2. The molecule has 0 aromatic carbocycles. The quantitative estimate of drug-likeness (QED) is 0.176. The topological polar surface area (TPSA) is 180 Å². The highest BCUT2D eigenvalue weighted by Crippen LogP contribution is 2.85. The first kappa shape index (κ1) is 33.0. The molecule has 18 atom stereocenters. The molecule has 0 unspecified atom stereocenters. The number of carbonyl (C=O) groups is 4. The van der Waals surface area contributed by atoms with Crippen LogP contribution in [-0.2, 0) is 66.5 Å². The highest BCUT2D eigenvalue weighted by Gasteiger charge is 3.03. The average molecular weight is 775 g/mol. The van der Waals surface area contributed by atoms with E-state index in [1.54, 1.807) is 0 Å². The Morgan fingerprint density at radius 3 is 1.41 bits per heavy atom. The first-order valence-corrected chi connectivity index (χ1v) is 20.9. The number of ether oxygens (including phenoxy) is 10. The third-order valence-electron chi connectivity index (χ3n) is 18.7. The summed E-state index contributed by atoms with van der Waals surface area (Å²) < 4.78 is 64.4. The van der Waals surface area contributed by atoms with Gasteiger partial charge in [-0.1, -0.05) is 41.5 Å². The molecular formula is C42H46O14. The zero-order valence-electron chi connectivity index (χ0n) is 32.3. The average Bonchev–Trinajstić information content (AvgIpc) is 3.93. The van der Waals surface area contributed by atoms with Gasteiger partial charge >= 0.3 is 23.9 Å². The van der Waals surface area contributed by atoms with Gasteiger partial charge in [0, 0.05) is 22.0 Å². The molecule has 298 valence electrons. The zero-order chi connectivity index (χ0) is 38.3. The van der Waals surface area contributed by atoms with Crippen molar-refractivity contribution in [3.63, 3.8) is 0 Å². The summed E-state index contributed by atoms with van der Waals surface area (Å²) in [4.78, 5) is 54.2. The predicted octanol–water partition coefficient (Wildman–Crippen LogP) is 2.32. The third-order valence-corrected chi connectivity index (χ3v) is 18.7. The highest BCUT2D eigenvalue weighted by atomic mass is 16.8. The number of hydrogen-bond donors (Lipinski definition) is 0. The van der Waals surface area contributed by atoms with Gasteiger partial charge in [-0.3, -0.25) is 0 Å². The molecule has 6 aliphatic carbocycles. The van der Waals surface area contributed by atoms with Crippen molar-refractivity contribution in [3.05, 3.63) is 22.3 Å². The molecule has 56 heavy (non-hydrogen) atoms. The van der Waals surface area contributed by atoms with E-state index in [2.05, 4.69) is 13.8 Å². The smallest absolute Gasteiger partial charge is 0.417 e. The molecule has 0 aromatic heterocycles. The van der Waals surface area contributed by atoms with Crippen molar-refractivity contribution in [2.24, 2.45) is 34.5 Å². The van der Waals surface area contributed by atoms with Gasteiger partial charge in [0.2, 0.25) is 0 Å². The minimum atomic E-state index is -1.11. The second kappa shape index (κ2) is 8.99. The molecule has 14 rings (SSSR count). The van der Waals surface area contributed by atoms with Crippen LogP contribution in [-0.4, -0.2) is 120 Å². The Kier molecular flexibility index (Phi) is 5.30. The Balaban J connectivity index is 0.803. The maximum Gasteiger partial charge on any atom is 0.417 e. The summed E-state index contributed by atoms with van der Waals surface area (Å²) in [5, 5.41) is 0. The third kappa shape index (κ3) is 2.94. The number of esters is 4. The largest absolute Gasteiger partial charge is 0.458 e. The van der Waals surface area contributed by atoms with Crippen LogP contribution in [0.3, 0.4) is 0 Å². The van der Waals surface area contributed by atoms with Crippen molar-refractivity contribution in [2.45, 2.75) is 163 Å². The van der Waals surface area contributed by atoms with Gasteiger partial charge < -0.3 is 47.4 Å². The molecule has 0 aromatic rings. The second-order valence-electron chi connectivity index (χ2n) is 20.6. The van der Waals surface area contributed by atoms with Crippen LogP contribution >= 0.6 is 0 Å². The minimum Gasteiger partial charge on any atom is -0.458 e. The van der Waals surface area contributed by atoms with Crippen LogP contribution in [0.4, 0.5) is 0 Å². The van der Waals surface area contributed by atoms with Gasteiger partial charge in [0.15, 0.2) is 23.4 Å². The van der Waals surface area contributed by atoms with Crippen molar-refractivity contribution < 1.29 is 66.5 Å². The van der Waals surface area contributed by atoms with E-state index in [1.807, 2.05) is 27.7 Å². The molecule has 0 bridgehead atoms. The number of fused-ring (bicyclic) bond motifs is 8. The van der Waals surface area contributed by atoms with Crippen LogP contribution < -0.4 is 0 Å². The number of hydrogen-bond acceptors (Lipinski definition) is 14. The van der Waals surface area contributed by atoms with Crippen LogP contribution in [0.5, 0.6) is 0 Å². The summed E-state index contributed by atoms with van der Waals surface area (Å²) in [6.45, 7) is 13.2. The molecule has 0 amide bonds. The normalized spacial score (nSPS) is 59.5. The van der Waals surface area contributed by atoms with Crippen molar-refractivity contribution >= 4 is 23.9 Å². The van der Waals surface area contributed by atoms with Gasteiger partial charge in [-0.25, -0.2) is 19.2 Å². The lowest BCUT2D eigenvalue weighted by molar-refractivity contribution is -0.193. The Labute approximate surface area is 322 Å². The molecule has 0 N–H and O–H groups in total. The maximum absolute atomic E-state index is 14.4. The van der Waals surface area contributed by atoms with E-state index in [-0.39, 0.29) is 85.4 Å². The lowest BCUT2D eigenvalue weighted by atomic mass is 9.46. The van der Waals surface area contributed by atoms with Crippen LogP contribution in [0.25, 0.3) is 0 Å². The van der Waals surface area contributed by atoms with E-state index < -0.39 is 68.6 Å². The summed E-state index contributed by atoms with van der Waals surface area (Å²) in [6, 6.07) is 0. The maximum atomic E-state index is 14.4. The molecule has 14 aliphatic rings. The fourth-order valence-electron chi connectivity index (χ4n) is 16.0. The Bertz CT molecular complexity index is 2000. The van der Waals surface area contributed by atoms with Crippen molar-refractivity contribution in [1.29, 1.82) is 0 Å². The second-order valence-corrected chi connectivity index (χ2v) is 20.6. The van der Waals surface area contributed by atoms with Crippen LogP contribution in [0.2, 0.25) is 0 Å². The van der Waals surface area contributed by atoms with E-state index in [0.29, 0.717) is 38.5 Å². The van der Waals surface area contributed by atoms with E-state index in [0.717, 1.165) is 22.3 Å².